The standard InChI is InChI=1S/C37H37N7O3/c1-26-8-6-9-27(2)35(26)44(37(46)47-32-13-7-12-29(24-32)28-10-4-3-5-11-28)34-18-19-39-36(41-34)40-30-14-16-31(17-15-30)43-22-20-42(21-23-43)25-33(38)45/h3-19,24H,20-23,25H2,1-2H3,(H2,38,45)(H,39,40,41). The van der Waals surface area contributed by atoms with Gasteiger partial charge in [-0.3, -0.25) is 9.69 Å². The molecule has 0 bridgehead atoms. The zero-order chi connectivity index (χ0) is 32.8. The van der Waals surface area contributed by atoms with Crippen molar-refractivity contribution in [1.82, 2.24) is 14.9 Å². The average molecular weight is 628 g/mol. The Hall–Kier alpha value is -5.74. The number of primary amides is 1. The lowest BCUT2D eigenvalue weighted by molar-refractivity contribution is -0.119. The molecule has 1 fully saturated rings. The summed E-state index contributed by atoms with van der Waals surface area (Å²) < 4.78 is 5.99. The quantitative estimate of drug-likeness (QED) is 0.192. The van der Waals surface area contributed by atoms with Crippen LogP contribution in [0.5, 0.6) is 5.75 Å². The monoisotopic (exact) mass is 627 g/mol. The van der Waals surface area contributed by atoms with E-state index < -0.39 is 6.09 Å². The molecule has 2 heterocycles. The lowest BCUT2D eigenvalue weighted by Crippen LogP contribution is -2.48. The van der Waals surface area contributed by atoms with Crippen LogP contribution in [0.25, 0.3) is 11.1 Å². The maximum absolute atomic E-state index is 14.0. The Morgan fingerprint density at radius 1 is 0.830 bits per heavy atom. The van der Waals surface area contributed by atoms with Crippen molar-refractivity contribution < 1.29 is 14.3 Å². The van der Waals surface area contributed by atoms with Gasteiger partial charge in [0.1, 0.15) is 11.6 Å². The SMILES string of the molecule is Cc1cccc(C)c1N(C(=O)Oc1cccc(-c2ccccc2)c1)c1ccnc(Nc2ccc(N3CCN(CC(N)=O)CC3)cc2)n1. The second kappa shape index (κ2) is 14.1. The number of piperazine rings is 1. The van der Waals surface area contributed by atoms with E-state index in [2.05, 4.69) is 20.1 Å². The molecular formula is C37H37N7O3. The Morgan fingerprint density at radius 3 is 2.21 bits per heavy atom. The molecule has 10 nitrogen and oxygen atoms in total. The number of hydrogen-bond donors (Lipinski definition) is 2. The van der Waals surface area contributed by atoms with Crippen molar-refractivity contribution in [2.75, 3.05) is 47.8 Å². The number of carbonyl (C=O) groups excluding carboxylic acids is 2. The molecule has 238 valence electrons. The predicted octanol–water partition coefficient (Wildman–Crippen LogP) is 6.45. The molecule has 0 spiro atoms. The maximum atomic E-state index is 14.0. The highest BCUT2D eigenvalue weighted by molar-refractivity contribution is 5.98. The van der Waals surface area contributed by atoms with Gasteiger partial charge in [0.2, 0.25) is 11.9 Å². The number of nitrogens with one attached hydrogen (secondary N) is 1. The van der Waals surface area contributed by atoms with Gasteiger partial charge in [-0.2, -0.15) is 4.98 Å². The van der Waals surface area contributed by atoms with E-state index in [1.165, 1.54) is 4.90 Å². The molecule has 1 aromatic heterocycles. The van der Waals surface area contributed by atoms with Crippen LogP contribution in [0.3, 0.4) is 0 Å². The molecule has 1 saturated heterocycles. The normalized spacial score (nSPS) is 13.2. The summed E-state index contributed by atoms with van der Waals surface area (Å²) in [6, 6.07) is 33.0. The average Bonchev–Trinajstić information content (AvgIpc) is 3.07. The Labute approximate surface area is 274 Å². The first-order chi connectivity index (χ1) is 22.8. The molecule has 0 radical (unpaired) electrons. The van der Waals surface area contributed by atoms with Gasteiger partial charge in [-0.15, -0.1) is 0 Å². The first-order valence-electron chi connectivity index (χ1n) is 15.5. The second-order valence-electron chi connectivity index (χ2n) is 11.5. The van der Waals surface area contributed by atoms with Crippen molar-refractivity contribution in [2.45, 2.75) is 13.8 Å². The molecule has 4 aromatic carbocycles. The number of benzene rings is 4. The number of amides is 2. The van der Waals surface area contributed by atoms with E-state index in [4.69, 9.17) is 15.5 Å². The highest BCUT2D eigenvalue weighted by atomic mass is 16.6. The van der Waals surface area contributed by atoms with Crippen molar-refractivity contribution in [3.63, 3.8) is 0 Å². The number of anilines is 5. The van der Waals surface area contributed by atoms with Crippen LogP contribution in [0, 0.1) is 13.8 Å². The van der Waals surface area contributed by atoms with Gasteiger partial charge >= 0.3 is 6.09 Å². The van der Waals surface area contributed by atoms with E-state index in [1.54, 1.807) is 18.3 Å². The van der Waals surface area contributed by atoms with Gasteiger partial charge in [-0.05, 0) is 72.5 Å². The predicted molar refractivity (Wildman–Crippen MR) is 186 cm³/mol. The Bertz CT molecular complexity index is 1840. The fraction of sp³-hybridized carbons (Fsp3) is 0.189. The van der Waals surface area contributed by atoms with Crippen LogP contribution in [0.15, 0.2) is 109 Å². The van der Waals surface area contributed by atoms with Crippen LogP contribution >= 0.6 is 0 Å². The topological polar surface area (TPSA) is 117 Å². The fourth-order valence-electron chi connectivity index (χ4n) is 5.78. The third kappa shape index (κ3) is 7.57. The number of aromatic nitrogens is 2. The molecule has 1 aliphatic rings. The summed E-state index contributed by atoms with van der Waals surface area (Å²) in [6.45, 7) is 7.38. The summed E-state index contributed by atoms with van der Waals surface area (Å²) in [5.41, 5.74) is 11.7. The molecule has 0 unspecified atom stereocenters. The number of ether oxygens (including phenoxy) is 1. The van der Waals surface area contributed by atoms with E-state index in [1.807, 2.05) is 105 Å². The van der Waals surface area contributed by atoms with E-state index in [-0.39, 0.29) is 12.5 Å². The lowest BCUT2D eigenvalue weighted by atomic mass is 10.1. The van der Waals surface area contributed by atoms with Gasteiger partial charge in [0.25, 0.3) is 0 Å². The Balaban J connectivity index is 1.22. The van der Waals surface area contributed by atoms with E-state index in [0.717, 1.165) is 59.8 Å². The largest absolute Gasteiger partial charge is 0.425 e. The molecule has 5 aromatic rings. The van der Waals surface area contributed by atoms with Crippen LogP contribution in [-0.2, 0) is 4.79 Å². The number of para-hydroxylation sites is 1. The van der Waals surface area contributed by atoms with Crippen molar-refractivity contribution in [3.8, 4) is 16.9 Å². The number of nitrogens with zero attached hydrogens (tertiary/aromatic N) is 5. The van der Waals surface area contributed by atoms with E-state index in [9.17, 15) is 9.59 Å². The minimum atomic E-state index is -0.586. The molecule has 10 heteroatoms. The Kier molecular flexibility index (Phi) is 9.40. The maximum Gasteiger partial charge on any atom is 0.425 e. The van der Waals surface area contributed by atoms with Crippen LogP contribution in [-0.4, -0.2) is 59.6 Å². The summed E-state index contributed by atoms with van der Waals surface area (Å²) in [4.78, 5) is 40.3. The molecule has 1 aliphatic heterocycles. The zero-order valence-corrected chi connectivity index (χ0v) is 26.5. The third-order valence-electron chi connectivity index (χ3n) is 8.10. The summed E-state index contributed by atoms with van der Waals surface area (Å²) in [6.07, 6.45) is 1.03. The molecule has 3 N–H and O–H groups in total. The van der Waals surface area contributed by atoms with Gasteiger partial charge < -0.3 is 20.7 Å². The summed E-state index contributed by atoms with van der Waals surface area (Å²) in [5.74, 6) is 0.831. The highest BCUT2D eigenvalue weighted by Crippen LogP contribution is 2.33. The minimum absolute atomic E-state index is 0.287. The molecule has 0 aliphatic carbocycles. The van der Waals surface area contributed by atoms with Crippen molar-refractivity contribution in [2.24, 2.45) is 5.73 Å². The van der Waals surface area contributed by atoms with Crippen LogP contribution in [0.1, 0.15) is 11.1 Å². The smallest absolute Gasteiger partial charge is 0.410 e. The summed E-state index contributed by atoms with van der Waals surface area (Å²) >= 11 is 0. The molecular weight excluding hydrogens is 590 g/mol. The van der Waals surface area contributed by atoms with Crippen LogP contribution < -0.4 is 25.6 Å². The first-order valence-corrected chi connectivity index (χ1v) is 15.5. The van der Waals surface area contributed by atoms with E-state index in [0.29, 0.717) is 23.2 Å². The van der Waals surface area contributed by atoms with Crippen molar-refractivity contribution >= 4 is 40.8 Å². The van der Waals surface area contributed by atoms with Gasteiger partial charge in [0.15, 0.2) is 0 Å². The Morgan fingerprint density at radius 2 is 1.51 bits per heavy atom. The number of rotatable bonds is 9. The highest BCUT2D eigenvalue weighted by Gasteiger charge is 2.26. The second-order valence-corrected chi connectivity index (χ2v) is 11.5. The lowest BCUT2D eigenvalue weighted by Gasteiger charge is -2.35. The molecule has 2 amide bonds. The van der Waals surface area contributed by atoms with Gasteiger partial charge in [-0.1, -0.05) is 60.7 Å². The number of nitrogens with two attached hydrogens (primary N) is 1. The molecule has 47 heavy (non-hydrogen) atoms. The number of carbonyl (C=O) groups is 2. The fourth-order valence-corrected chi connectivity index (χ4v) is 5.78. The van der Waals surface area contributed by atoms with Crippen molar-refractivity contribution in [3.05, 3.63) is 120 Å². The third-order valence-corrected chi connectivity index (χ3v) is 8.10. The molecule has 0 atom stereocenters. The van der Waals surface area contributed by atoms with Crippen LogP contribution in [0.2, 0.25) is 0 Å². The zero-order valence-electron chi connectivity index (χ0n) is 26.5. The van der Waals surface area contributed by atoms with Crippen molar-refractivity contribution in [1.29, 1.82) is 0 Å². The number of aryl methyl sites for hydroxylation is 2. The molecule has 6 rings (SSSR count). The summed E-state index contributed by atoms with van der Waals surface area (Å²) in [7, 11) is 0. The van der Waals surface area contributed by atoms with E-state index >= 15 is 0 Å². The van der Waals surface area contributed by atoms with Crippen LogP contribution in [0.4, 0.5) is 33.6 Å². The van der Waals surface area contributed by atoms with Gasteiger partial charge in [0, 0.05) is 49.8 Å². The first kappa shape index (κ1) is 31.3. The number of hydrogen-bond acceptors (Lipinski definition) is 8. The van der Waals surface area contributed by atoms with Gasteiger partial charge in [0.05, 0.1) is 12.2 Å². The molecule has 0 saturated carbocycles. The summed E-state index contributed by atoms with van der Waals surface area (Å²) in [5, 5.41) is 3.27. The minimum Gasteiger partial charge on any atom is -0.410 e. The van der Waals surface area contributed by atoms with Gasteiger partial charge in [-0.25, -0.2) is 14.7 Å².